The zero-order chi connectivity index (χ0) is 9.60. The molecule has 2 aliphatic rings. The first kappa shape index (κ1) is 8.68. The fourth-order valence-electron chi connectivity index (χ4n) is 2.56. The Bertz CT molecular complexity index is 331. The van der Waals surface area contributed by atoms with Crippen molar-refractivity contribution in [2.75, 3.05) is 0 Å². The minimum absolute atomic E-state index is 0.452. The standard InChI is InChI=1S/C12H16OSi/c1-14(8-5-9-14)12-11(13-12)10-6-3-2-4-7-10/h2-4,6-7,11-12H,5,8-9H2,1H3/t11-,12-/m1/s1. The highest BCUT2D eigenvalue weighted by Gasteiger charge is 2.56. The van der Waals surface area contributed by atoms with Gasteiger partial charge in [-0.15, -0.1) is 0 Å². The molecule has 0 spiro atoms. The lowest BCUT2D eigenvalue weighted by Gasteiger charge is -2.34. The number of benzene rings is 1. The van der Waals surface area contributed by atoms with Gasteiger partial charge in [0.2, 0.25) is 0 Å². The van der Waals surface area contributed by atoms with Gasteiger partial charge in [-0.3, -0.25) is 0 Å². The van der Waals surface area contributed by atoms with Crippen molar-refractivity contribution in [1.29, 1.82) is 0 Å². The summed E-state index contributed by atoms with van der Waals surface area (Å²) in [6.07, 6.45) is 1.90. The molecular formula is C12H16OSi. The molecular weight excluding hydrogens is 188 g/mol. The van der Waals surface area contributed by atoms with Crippen LogP contribution in [0.15, 0.2) is 30.3 Å². The number of hydrogen-bond donors (Lipinski definition) is 0. The molecule has 2 heterocycles. The minimum Gasteiger partial charge on any atom is -0.368 e. The van der Waals surface area contributed by atoms with E-state index in [0.29, 0.717) is 11.8 Å². The Morgan fingerprint density at radius 2 is 1.93 bits per heavy atom. The summed E-state index contributed by atoms with van der Waals surface area (Å²) in [6, 6.07) is 13.7. The van der Waals surface area contributed by atoms with E-state index >= 15 is 0 Å². The van der Waals surface area contributed by atoms with E-state index < -0.39 is 8.07 Å². The third-order valence-electron chi connectivity index (χ3n) is 3.80. The van der Waals surface area contributed by atoms with Crippen LogP contribution in [0.4, 0.5) is 0 Å². The van der Waals surface area contributed by atoms with Crippen LogP contribution in [-0.2, 0) is 4.74 Å². The van der Waals surface area contributed by atoms with Crippen LogP contribution in [0.1, 0.15) is 18.1 Å². The Morgan fingerprint density at radius 3 is 2.50 bits per heavy atom. The molecule has 3 rings (SSSR count). The molecule has 0 aliphatic carbocycles. The molecule has 0 amide bonds. The zero-order valence-electron chi connectivity index (χ0n) is 8.57. The van der Waals surface area contributed by atoms with E-state index in [9.17, 15) is 0 Å². The largest absolute Gasteiger partial charge is 0.368 e. The van der Waals surface area contributed by atoms with Gasteiger partial charge in [0, 0.05) is 0 Å². The Labute approximate surface area is 86.1 Å². The van der Waals surface area contributed by atoms with Gasteiger partial charge < -0.3 is 4.74 Å². The van der Waals surface area contributed by atoms with E-state index in [2.05, 4.69) is 36.9 Å². The predicted molar refractivity (Wildman–Crippen MR) is 59.9 cm³/mol. The second-order valence-corrected chi connectivity index (χ2v) is 9.77. The molecule has 0 aromatic heterocycles. The average molecular weight is 204 g/mol. The second-order valence-electron chi connectivity index (χ2n) is 4.90. The summed E-state index contributed by atoms with van der Waals surface area (Å²) < 4.78 is 5.87. The maximum Gasteiger partial charge on any atom is 0.106 e. The van der Waals surface area contributed by atoms with Crippen molar-refractivity contribution < 1.29 is 4.74 Å². The van der Waals surface area contributed by atoms with E-state index in [-0.39, 0.29) is 0 Å². The molecule has 2 fully saturated rings. The molecule has 14 heavy (non-hydrogen) atoms. The van der Waals surface area contributed by atoms with E-state index in [1.807, 2.05) is 0 Å². The lowest BCUT2D eigenvalue weighted by atomic mass is 10.2. The normalized spacial score (nSPS) is 33.5. The van der Waals surface area contributed by atoms with Crippen LogP contribution < -0.4 is 0 Å². The fraction of sp³-hybridized carbons (Fsp3) is 0.500. The lowest BCUT2D eigenvalue weighted by molar-refractivity contribution is 0.397. The molecule has 0 bridgehead atoms. The smallest absolute Gasteiger partial charge is 0.106 e. The summed E-state index contributed by atoms with van der Waals surface area (Å²) in [7, 11) is -0.931. The van der Waals surface area contributed by atoms with Crippen molar-refractivity contribution >= 4 is 8.07 Å². The second kappa shape index (κ2) is 2.94. The summed E-state index contributed by atoms with van der Waals surface area (Å²) >= 11 is 0. The monoisotopic (exact) mass is 204 g/mol. The highest BCUT2D eigenvalue weighted by Crippen LogP contribution is 2.51. The Hall–Kier alpha value is -0.603. The third kappa shape index (κ3) is 1.25. The molecule has 0 N–H and O–H groups in total. The van der Waals surface area contributed by atoms with Crippen LogP contribution in [0.25, 0.3) is 0 Å². The maximum absolute atomic E-state index is 5.87. The van der Waals surface area contributed by atoms with Gasteiger partial charge in [0.25, 0.3) is 0 Å². The van der Waals surface area contributed by atoms with Gasteiger partial charge in [-0.05, 0) is 5.56 Å². The number of epoxide rings is 1. The molecule has 0 radical (unpaired) electrons. The van der Waals surface area contributed by atoms with Crippen LogP contribution in [0.5, 0.6) is 0 Å². The van der Waals surface area contributed by atoms with Gasteiger partial charge in [-0.1, -0.05) is 55.4 Å². The molecule has 1 nitrogen and oxygen atoms in total. The van der Waals surface area contributed by atoms with Crippen LogP contribution in [-0.4, -0.2) is 13.8 Å². The first-order valence-electron chi connectivity index (χ1n) is 5.50. The molecule has 2 atom stereocenters. The molecule has 1 aromatic carbocycles. The van der Waals surface area contributed by atoms with E-state index in [1.54, 1.807) is 0 Å². The number of ether oxygens (including phenoxy) is 1. The van der Waals surface area contributed by atoms with Gasteiger partial charge in [0.15, 0.2) is 0 Å². The Kier molecular flexibility index (Phi) is 1.82. The maximum atomic E-state index is 5.87. The van der Waals surface area contributed by atoms with Crippen molar-refractivity contribution in [2.24, 2.45) is 0 Å². The van der Waals surface area contributed by atoms with Gasteiger partial charge in [0.05, 0.1) is 13.8 Å². The van der Waals surface area contributed by atoms with Crippen molar-refractivity contribution in [2.45, 2.75) is 36.9 Å². The molecule has 2 saturated heterocycles. The van der Waals surface area contributed by atoms with Crippen LogP contribution in [0.3, 0.4) is 0 Å². The van der Waals surface area contributed by atoms with E-state index in [1.165, 1.54) is 24.1 Å². The summed E-state index contributed by atoms with van der Waals surface area (Å²) in [6.45, 7) is 2.50. The SMILES string of the molecule is C[Si]1([C@H]2O[C@@H]2c2ccccc2)CCC1. The molecule has 1 aromatic rings. The van der Waals surface area contributed by atoms with Gasteiger partial charge in [-0.25, -0.2) is 0 Å². The van der Waals surface area contributed by atoms with Crippen LogP contribution in [0.2, 0.25) is 18.6 Å². The summed E-state index contributed by atoms with van der Waals surface area (Å²) in [5, 5.41) is 0. The zero-order valence-corrected chi connectivity index (χ0v) is 9.57. The van der Waals surface area contributed by atoms with Gasteiger partial charge >= 0.3 is 0 Å². The predicted octanol–water partition coefficient (Wildman–Crippen LogP) is 3.15. The summed E-state index contributed by atoms with van der Waals surface area (Å²) in [5.74, 6) is 0. The quantitative estimate of drug-likeness (QED) is 0.532. The van der Waals surface area contributed by atoms with Crippen molar-refractivity contribution in [3.63, 3.8) is 0 Å². The topological polar surface area (TPSA) is 12.5 Å². The highest BCUT2D eigenvalue weighted by atomic mass is 28.3. The third-order valence-corrected chi connectivity index (χ3v) is 8.61. The summed E-state index contributed by atoms with van der Waals surface area (Å²) in [4.78, 5) is 0. The summed E-state index contributed by atoms with van der Waals surface area (Å²) in [5.41, 5.74) is 2.02. The van der Waals surface area contributed by atoms with E-state index in [4.69, 9.17) is 4.74 Å². The van der Waals surface area contributed by atoms with Crippen LogP contribution in [0, 0.1) is 0 Å². The Morgan fingerprint density at radius 1 is 1.21 bits per heavy atom. The van der Waals surface area contributed by atoms with Crippen LogP contribution >= 0.6 is 0 Å². The first-order chi connectivity index (χ1) is 6.80. The molecule has 0 unspecified atom stereocenters. The van der Waals surface area contributed by atoms with Gasteiger partial charge in [-0.2, -0.15) is 0 Å². The first-order valence-corrected chi connectivity index (χ1v) is 8.49. The fourth-order valence-corrected chi connectivity index (χ4v) is 5.99. The lowest BCUT2D eigenvalue weighted by Crippen LogP contribution is -2.44. The minimum atomic E-state index is -0.931. The number of rotatable bonds is 2. The average Bonchev–Trinajstić information content (AvgIpc) is 2.95. The number of hydrogen-bond acceptors (Lipinski definition) is 1. The molecule has 2 heteroatoms. The van der Waals surface area contributed by atoms with Crippen molar-refractivity contribution in [3.05, 3.63) is 35.9 Å². The molecule has 0 saturated carbocycles. The molecule has 74 valence electrons. The highest BCUT2D eigenvalue weighted by molar-refractivity contribution is 6.82. The Balaban J connectivity index is 1.74. The van der Waals surface area contributed by atoms with Crippen molar-refractivity contribution in [3.8, 4) is 0 Å². The molecule has 2 aliphatic heterocycles. The van der Waals surface area contributed by atoms with Gasteiger partial charge in [0.1, 0.15) is 6.10 Å². The van der Waals surface area contributed by atoms with Crippen molar-refractivity contribution in [1.82, 2.24) is 0 Å². The van der Waals surface area contributed by atoms with E-state index in [0.717, 1.165) is 0 Å².